The lowest BCUT2D eigenvalue weighted by atomic mass is 10.1. The molecule has 98 valence electrons. The topological polar surface area (TPSA) is 98.3 Å². The highest BCUT2D eigenvalue weighted by atomic mass is 16.6. The van der Waals surface area contributed by atoms with Crippen molar-refractivity contribution in [3.8, 4) is 0 Å². The Hall–Kier alpha value is -1.95. The lowest BCUT2D eigenvalue weighted by Crippen LogP contribution is -2.35. The van der Waals surface area contributed by atoms with Crippen molar-refractivity contribution in [2.75, 3.05) is 5.32 Å². The molecule has 18 heavy (non-hydrogen) atoms. The molecular formula is C12H17N3O3. The number of anilines is 1. The van der Waals surface area contributed by atoms with Crippen LogP contribution >= 0.6 is 0 Å². The van der Waals surface area contributed by atoms with E-state index in [0.717, 1.165) is 6.42 Å². The van der Waals surface area contributed by atoms with Crippen LogP contribution in [0.25, 0.3) is 0 Å². The molecule has 1 aromatic rings. The summed E-state index contributed by atoms with van der Waals surface area (Å²) >= 11 is 0. The minimum atomic E-state index is -0.589. The monoisotopic (exact) mass is 251 g/mol. The van der Waals surface area contributed by atoms with Crippen molar-refractivity contribution < 1.29 is 9.72 Å². The Balaban J connectivity index is 2.88. The van der Waals surface area contributed by atoms with Gasteiger partial charge in [-0.25, -0.2) is 0 Å². The number of carbonyl (C=O) groups excluding carboxylic acids is 1. The van der Waals surface area contributed by atoms with Crippen molar-refractivity contribution in [1.29, 1.82) is 0 Å². The second kappa shape index (κ2) is 6.11. The third-order valence-corrected chi connectivity index (χ3v) is 2.70. The largest absolute Gasteiger partial charge is 0.324 e. The van der Waals surface area contributed by atoms with E-state index >= 15 is 0 Å². The highest BCUT2D eigenvalue weighted by Crippen LogP contribution is 2.25. The minimum absolute atomic E-state index is 0.0168. The normalized spacial score (nSPS) is 11.9. The fraction of sp³-hybridized carbons (Fsp3) is 0.417. The first kappa shape index (κ1) is 14.1. The molecule has 0 saturated carbocycles. The maximum atomic E-state index is 11.7. The predicted molar refractivity (Wildman–Crippen MR) is 69.3 cm³/mol. The van der Waals surface area contributed by atoms with E-state index in [1.807, 2.05) is 6.92 Å². The highest BCUT2D eigenvalue weighted by Gasteiger charge is 2.17. The van der Waals surface area contributed by atoms with Gasteiger partial charge in [-0.3, -0.25) is 14.9 Å². The van der Waals surface area contributed by atoms with Gasteiger partial charge in [0, 0.05) is 6.07 Å². The number of nitrogens with one attached hydrogen (secondary N) is 1. The smallest absolute Gasteiger partial charge is 0.274 e. The molecule has 1 atom stereocenters. The van der Waals surface area contributed by atoms with E-state index < -0.39 is 11.0 Å². The molecule has 0 aliphatic carbocycles. The molecule has 0 spiro atoms. The number of hydrogen-bond acceptors (Lipinski definition) is 4. The van der Waals surface area contributed by atoms with Gasteiger partial charge in [-0.2, -0.15) is 0 Å². The number of amides is 1. The van der Waals surface area contributed by atoms with Gasteiger partial charge < -0.3 is 11.1 Å². The SMILES string of the molecule is CCC[C@H](N)C(=O)Nc1cccc([N+](=O)[O-])c1C. The van der Waals surface area contributed by atoms with Crippen LogP contribution in [0, 0.1) is 17.0 Å². The van der Waals surface area contributed by atoms with Crippen LogP contribution < -0.4 is 11.1 Å². The summed E-state index contributed by atoms with van der Waals surface area (Å²) in [7, 11) is 0. The standard InChI is InChI=1S/C12H17N3O3/c1-3-5-9(13)12(16)14-10-6-4-7-11(8(10)2)15(17)18/h4,6-7,9H,3,5,13H2,1-2H3,(H,14,16)/t9-/m0/s1. The first-order valence-corrected chi connectivity index (χ1v) is 5.77. The average molecular weight is 251 g/mol. The van der Waals surface area contributed by atoms with Crippen LogP contribution in [0.1, 0.15) is 25.3 Å². The van der Waals surface area contributed by atoms with Crippen LogP contribution in [-0.2, 0) is 4.79 Å². The van der Waals surface area contributed by atoms with E-state index in [4.69, 9.17) is 5.73 Å². The summed E-state index contributed by atoms with van der Waals surface area (Å²) in [5, 5.41) is 13.4. The van der Waals surface area contributed by atoms with Crippen molar-refractivity contribution in [2.45, 2.75) is 32.7 Å². The Labute approximate surface area is 105 Å². The Morgan fingerprint density at radius 3 is 2.78 bits per heavy atom. The molecule has 0 aliphatic rings. The van der Waals surface area contributed by atoms with Crippen LogP contribution in [0.4, 0.5) is 11.4 Å². The van der Waals surface area contributed by atoms with Crippen LogP contribution in [0.3, 0.4) is 0 Å². The average Bonchev–Trinajstić information content (AvgIpc) is 2.31. The molecule has 3 N–H and O–H groups in total. The molecule has 6 nitrogen and oxygen atoms in total. The molecule has 1 amide bonds. The molecule has 0 bridgehead atoms. The summed E-state index contributed by atoms with van der Waals surface area (Å²) in [6.07, 6.45) is 1.39. The third-order valence-electron chi connectivity index (χ3n) is 2.70. The second-order valence-corrected chi connectivity index (χ2v) is 4.09. The van der Waals surface area contributed by atoms with Gasteiger partial charge in [-0.1, -0.05) is 19.4 Å². The van der Waals surface area contributed by atoms with E-state index in [9.17, 15) is 14.9 Å². The summed E-state index contributed by atoms with van der Waals surface area (Å²) in [4.78, 5) is 22.0. The fourth-order valence-electron chi connectivity index (χ4n) is 1.62. The number of nitrogens with zero attached hydrogens (tertiary/aromatic N) is 1. The van der Waals surface area contributed by atoms with Gasteiger partial charge in [-0.05, 0) is 19.4 Å². The van der Waals surface area contributed by atoms with Crippen molar-refractivity contribution >= 4 is 17.3 Å². The Morgan fingerprint density at radius 1 is 1.56 bits per heavy atom. The molecule has 1 aromatic carbocycles. The lowest BCUT2D eigenvalue weighted by Gasteiger charge is -2.12. The molecular weight excluding hydrogens is 234 g/mol. The number of rotatable bonds is 5. The van der Waals surface area contributed by atoms with Crippen LogP contribution in [0.2, 0.25) is 0 Å². The van der Waals surface area contributed by atoms with Crippen LogP contribution in [0.5, 0.6) is 0 Å². The van der Waals surface area contributed by atoms with Gasteiger partial charge in [0.15, 0.2) is 0 Å². The van der Waals surface area contributed by atoms with Gasteiger partial charge in [0.25, 0.3) is 5.69 Å². The van der Waals surface area contributed by atoms with E-state index in [1.54, 1.807) is 13.0 Å². The van der Waals surface area contributed by atoms with Gasteiger partial charge in [0.2, 0.25) is 5.91 Å². The lowest BCUT2D eigenvalue weighted by molar-refractivity contribution is -0.385. The molecule has 0 radical (unpaired) electrons. The summed E-state index contributed by atoms with van der Waals surface area (Å²) in [5.74, 6) is -0.319. The van der Waals surface area contributed by atoms with Gasteiger partial charge in [0.05, 0.1) is 22.2 Å². The van der Waals surface area contributed by atoms with Crippen molar-refractivity contribution in [3.63, 3.8) is 0 Å². The summed E-state index contributed by atoms with van der Waals surface area (Å²) in [6, 6.07) is 3.97. The number of nitrogens with two attached hydrogens (primary N) is 1. The molecule has 0 heterocycles. The predicted octanol–water partition coefficient (Wildman–Crippen LogP) is 1.97. The second-order valence-electron chi connectivity index (χ2n) is 4.09. The molecule has 0 aromatic heterocycles. The van der Waals surface area contributed by atoms with Crippen molar-refractivity contribution in [3.05, 3.63) is 33.9 Å². The number of hydrogen-bond donors (Lipinski definition) is 2. The molecule has 0 aliphatic heterocycles. The number of nitro groups is 1. The first-order chi connectivity index (χ1) is 8.47. The maximum Gasteiger partial charge on any atom is 0.274 e. The van der Waals surface area contributed by atoms with Crippen LogP contribution in [-0.4, -0.2) is 16.9 Å². The maximum absolute atomic E-state index is 11.7. The third kappa shape index (κ3) is 3.27. The summed E-state index contributed by atoms with van der Waals surface area (Å²) in [6.45, 7) is 3.53. The Bertz CT molecular complexity index is 460. The first-order valence-electron chi connectivity index (χ1n) is 5.77. The van der Waals surface area contributed by atoms with Crippen molar-refractivity contribution in [2.24, 2.45) is 5.73 Å². The van der Waals surface area contributed by atoms with Gasteiger partial charge >= 0.3 is 0 Å². The molecule has 0 saturated heterocycles. The Kier molecular flexibility index (Phi) is 4.79. The quantitative estimate of drug-likeness (QED) is 0.617. The Morgan fingerprint density at radius 2 is 2.22 bits per heavy atom. The van der Waals surface area contributed by atoms with E-state index in [1.165, 1.54) is 12.1 Å². The molecule has 6 heteroatoms. The van der Waals surface area contributed by atoms with Gasteiger partial charge in [-0.15, -0.1) is 0 Å². The number of benzene rings is 1. The van der Waals surface area contributed by atoms with Crippen molar-refractivity contribution in [1.82, 2.24) is 0 Å². The minimum Gasteiger partial charge on any atom is -0.324 e. The van der Waals surface area contributed by atoms with E-state index in [-0.39, 0.29) is 11.6 Å². The molecule has 1 rings (SSSR count). The zero-order chi connectivity index (χ0) is 13.7. The highest BCUT2D eigenvalue weighted by molar-refractivity contribution is 5.95. The number of nitro benzene ring substituents is 1. The zero-order valence-electron chi connectivity index (χ0n) is 10.5. The molecule has 0 unspecified atom stereocenters. The molecule has 0 fully saturated rings. The summed E-state index contributed by atoms with van der Waals surface area (Å²) < 4.78 is 0. The van der Waals surface area contributed by atoms with E-state index in [2.05, 4.69) is 5.32 Å². The van der Waals surface area contributed by atoms with E-state index in [0.29, 0.717) is 17.7 Å². The van der Waals surface area contributed by atoms with Crippen LogP contribution in [0.15, 0.2) is 18.2 Å². The summed E-state index contributed by atoms with van der Waals surface area (Å²) in [5.41, 5.74) is 6.52. The zero-order valence-corrected chi connectivity index (χ0v) is 10.5. The number of carbonyl (C=O) groups is 1. The fourth-order valence-corrected chi connectivity index (χ4v) is 1.62. The van der Waals surface area contributed by atoms with Gasteiger partial charge in [0.1, 0.15) is 0 Å².